The van der Waals surface area contributed by atoms with Crippen LogP contribution in [0.15, 0.2) is 94.2 Å². The van der Waals surface area contributed by atoms with Gasteiger partial charge in [0.2, 0.25) is 0 Å². The lowest BCUT2D eigenvalue weighted by molar-refractivity contribution is -0.138. The number of carbonyl (C=O) groups is 1. The fourth-order valence-electron chi connectivity index (χ4n) is 4.15. The molecule has 8 heteroatoms. The molecule has 0 fully saturated rings. The topological polar surface area (TPSA) is 60.7 Å². The molecule has 0 amide bonds. The number of hydrogen-bond donors (Lipinski definition) is 0. The second-order valence-electron chi connectivity index (χ2n) is 8.01. The van der Waals surface area contributed by atoms with E-state index in [1.54, 1.807) is 35.8 Å². The van der Waals surface area contributed by atoms with Crippen molar-refractivity contribution < 1.29 is 9.53 Å². The van der Waals surface area contributed by atoms with E-state index in [0.29, 0.717) is 36.2 Å². The molecular weight excluding hydrogens is 515 g/mol. The van der Waals surface area contributed by atoms with Gasteiger partial charge in [-0.3, -0.25) is 9.36 Å². The molecule has 2 heterocycles. The lowest BCUT2D eigenvalue weighted by atomic mass is 9.93. The highest BCUT2D eigenvalue weighted by atomic mass is 35.5. The van der Waals surface area contributed by atoms with E-state index in [2.05, 4.69) is 0 Å². The predicted molar refractivity (Wildman–Crippen MR) is 144 cm³/mol. The molecule has 5 rings (SSSR count). The minimum atomic E-state index is -0.709. The Kier molecular flexibility index (Phi) is 6.92. The van der Waals surface area contributed by atoms with Crippen molar-refractivity contribution in [3.05, 3.63) is 131 Å². The van der Waals surface area contributed by atoms with E-state index in [-0.39, 0.29) is 12.2 Å². The molecule has 0 N–H and O–H groups in total. The predicted octanol–water partition coefficient (Wildman–Crippen LogP) is 5.24. The summed E-state index contributed by atoms with van der Waals surface area (Å²) in [5.41, 5.74) is 2.74. The van der Waals surface area contributed by atoms with Gasteiger partial charge in [-0.15, -0.1) is 0 Å². The second-order valence-corrected chi connectivity index (χ2v) is 9.86. The average molecular weight is 535 g/mol. The molecule has 5 nitrogen and oxygen atoms in total. The first-order valence-electron chi connectivity index (χ1n) is 11.3. The van der Waals surface area contributed by atoms with E-state index in [1.807, 2.05) is 60.7 Å². The Morgan fingerprint density at radius 2 is 1.75 bits per heavy atom. The van der Waals surface area contributed by atoms with Crippen LogP contribution in [0.1, 0.15) is 29.7 Å². The van der Waals surface area contributed by atoms with E-state index in [9.17, 15) is 9.59 Å². The lowest BCUT2D eigenvalue weighted by Crippen LogP contribution is -2.40. The largest absolute Gasteiger partial charge is 0.463 e. The molecule has 3 aromatic carbocycles. The van der Waals surface area contributed by atoms with Gasteiger partial charge in [0.05, 0.1) is 28.5 Å². The number of ether oxygens (including phenoxy) is 1. The van der Waals surface area contributed by atoms with Crippen LogP contribution in [0.5, 0.6) is 0 Å². The van der Waals surface area contributed by atoms with Crippen LogP contribution in [0.25, 0.3) is 11.8 Å². The van der Waals surface area contributed by atoms with Gasteiger partial charge in [0.1, 0.15) is 0 Å². The first-order chi connectivity index (χ1) is 17.5. The van der Waals surface area contributed by atoms with Gasteiger partial charge in [-0.2, -0.15) is 0 Å². The van der Waals surface area contributed by atoms with E-state index < -0.39 is 12.0 Å². The molecule has 36 heavy (non-hydrogen) atoms. The summed E-state index contributed by atoms with van der Waals surface area (Å²) in [7, 11) is 0. The van der Waals surface area contributed by atoms with Gasteiger partial charge in [-0.1, -0.05) is 101 Å². The van der Waals surface area contributed by atoms with Crippen molar-refractivity contribution in [3.63, 3.8) is 0 Å². The summed E-state index contributed by atoms with van der Waals surface area (Å²) in [4.78, 5) is 32.5. The Morgan fingerprint density at radius 1 is 1.06 bits per heavy atom. The molecule has 0 unspecified atom stereocenters. The average Bonchev–Trinajstić information content (AvgIpc) is 3.20. The molecule has 0 aliphatic carbocycles. The molecule has 1 aromatic heterocycles. The normalized spacial score (nSPS) is 15.4. The van der Waals surface area contributed by atoms with Crippen molar-refractivity contribution in [2.24, 2.45) is 4.99 Å². The third kappa shape index (κ3) is 4.55. The zero-order valence-electron chi connectivity index (χ0n) is 19.2. The minimum absolute atomic E-state index is 0.200. The summed E-state index contributed by atoms with van der Waals surface area (Å²) in [6, 6.07) is 23.3. The molecule has 0 saturated heterocycles. The maximum Gasteiger partial charge on any atom is 0.338 e. The smallest absolute Gasteiger partial charge is 0.338 e. The summed E-state index contributed by atoms with van der Waals surface area (Å²) >= 11 is 13.7. The van der Waals surface area contributed by atoms with Crippen molar-refractivity contribution in [3.8, 4) is 0 Å². The number of esters is 1. The van der Waals surface area contributed by atoms with Gasteiger partial charge in [0.15, 0.2) is 4.80 Å². The van der Waals surface area contributed by atoms with Crippen molar-refractivity contribution in [1.82, 2.24) is 4.57 Å². The third-order valence-corrected chi connectivity index (χ3v) is 7.28. The highest BCUT2D eigenvalue weighted by molar-refractivity contribution is 7.07. The Bertz CT molecular complexity index is 1660. The fourth-order valence-corrected chi connectivity index (χ4v) is 5.61. The van der Waals surface area contributed by atoms with Crippen LogP contribution in [0.3, 0.4) is 0 Å². The van der Waals surface area contributed by atoms with Crippen molar-refractivity contribution >= 4 is 52.3 Å². The van der Waals surface area contributed by atoms with Crippen molar-refractivity contribution in [1.29, 1.82) is 0 Å². The minimum Gasteiger partial charge on any atom is -0.463 e. The van der Waals surface area contributed by atoms with E-state index >= 15 is 0 Å². The molecule has 0 bridgehead atoms. The Labute approximate surface area is 221 Å². The van der Waals surface area contributed by atoms with Gasteiger partial charge in [0.25, 0.3) is 5.56 Å². The van der Waals surface area contributed by atoms with Crippen LogP contribution in [-0.4, -0.2) is 17.1 Å². The van der Waals surface area contributed by atoms with Gasteiger partial charge in [-0.25, -0.2) is 9.79 Å². The van der Waals surface area contributed by atoms with Crippen LogP contribution in [0, 0.1) is 0 Å². The molecule has 0 saturated carbocycles. The number of nitrogens with zero attached hydrogens (tertiary/aromatic N) is 2. The highest BCUT2D eigenvalue weighted by Crippen LogP contribution is 2.35. The number of aromatic nitrogens is 1. The number of carbonyl (C=O) groups excluding carboxylic acids is 1. The van der Waals surface area contributed by atoms with Crippen LogP contribution in [0.2, 0.25) is 10.0 Å². The van der Waals surface area contributed by atoms with Crippen LogP contribution in [-0.2, 0) is 9.53 Å². The first kappa shape index (κ1) is 24.3. The number of benzene rings is 3. The third-order valence-electron chi connectivity index (χ3n) is 5.74. The van der Waals surface area contributed by atoms with Crippen LogP contribution >= 0.6 is 34.5 Å². The zero-order valence-corrected chi connectivity index (χ0v) is 21.5. The molecule has 1 aliphatic rings. The van der Waals surface area contributed by atoms with Crippen LogP contribution < -0.4 is 14.9 Å². The summed E-state index contributed by atoms with van der Waals surface area (Å²) in [6.07, 6.45) is 1.72. The monoisotopic (exact) mass is 534 g/mol. The molecule has 180 valence electrons. The van der Waals surface area contributed by atoms with Gasteiger partial charge < -0.3 is 4.74 Å². The van der Waals surface area contributed by atoms with Gasteiger partial charge >= 0.3 is 5.97 Å². The van der Waals surface area contributed by atoms with E-state index in [0.717, 1.165) is 11.1 Å². The van der Waals surface area contributed by atoms with Gasteiger partial charge in [-0.05, 0) is 36.3 Å². The number of rotatable bonds is 5. The maximum absolute atomic E-state index is 13.8. The Hall–Kier alpha value is -3.45. The second kappa shape index (κ2) is 10.3. The van der Waals surface area contributed by atoms with Gasteiger partial charge in [0, 0.05) is 15.6 Å². The lowest BCUT2D eigenvalue weighted by Gasteiger charge is -2.25. The Morgan fingerprint density at radius 3 is 2.42 bits per heavy atom. The first-order valence-corrected chi connectivity index (χ1v) is 12.8. The molecular formula is C28H20Cl2N2O3S. The summed E-state index contributed by atoms with van der Waals surface area (Å²) in [6.45, 7) is 1.95. The summed E-state index contributed by atoms with van der Waals surface area (Å²) < 4.78 is 7.47. The quantitative estimate of drug-likeness (QED) is 0.329. The van der Waals surface area contributed by atoms with Crippen LogP contribution in [0.4, 0.5) is 0 Å². The molecule has 4 aromatic rings. The summed E-state index contributed by atoms with van der Waals surface area (Å²) in [5.74, 6) is -0.510. The Balaban J connectivity index is 1.83. The standard InChI is InChI=1S/C28H20Cl2N2O3S/c1-2-35-27(34)23-24(17-9-5-3-6-10-17)31-28-32(25(23)18-11-7-4-8-12-18)26(33)22(36-28)15-19-13-14-20(29)16-21(19)30/h3-16,25H,2H2,1H3/b22-15-/t25-/m1/s1. The van der Waals surface area contributed by atoms with Crippen molar-refractivity contribution in [2.75, 3.05) is 6.61 Å². The molecule has 1 atom stereocenters. The maximum atomic E-state index is 13.8. The van der Waals surface area contributed by atoms with E-state index in [4.69, 9.17) is 32.9 Å². The molecule has 0 radical (unpaired) electrons. The highest BCUT2D eigenvalue weighted by Gasteiger charge is 2.35. The zero-order chi connectivity index (χ0) is 25.2. The number of hydrogen-bond acceptors (Lipinski definition) is 5. The number of thiazole rings is 1. The molecule has 1 aliphatic heterocycles. The van der Waals surface area contributed by atoms with E-state index in [1.165, 1.54) is 11.3 Å². The van der Waals surface area contributed by atoms with Crippen molar-refractivity contribution in [2.45, 2.75) is 13.0 Å². The SMILES string of the molecule is CCOC(=O)C1=C(c2ccccc2)N=c2s/c(=C\c3ccc(Cl)cc3Cl)c(=O)n2[C@@H]1c1ccccc1. The number of fused-ring (bicyclic) bond motifs is 1. The fraction of sp³-hybridized carbons (Fsp3) is 0.107. The number of halogens is 2. The molecule has 0 spiro atoms. The summed E-state index contributed by atoms with van der Waals surface area (Å²) in [5, 5.41) is 0.944.